The molecule has 3 aromatic rings. The Hall–Kier alpha value is -2.84. The van der Waals surface area contributed by atoms with Crippen molar-refractivity contribution in [2.75, 3.05) is 6.54 Å². The minimum Gasteiger partial charge on any atom is -0.387 e. The van der Waals surface area contributed by atoms with Gasteiger partial charge in [0.15, 0.2) is 0 Å². The third-order valence-electron chi connectivity index (χ3n) is 4.02. The van der Waals surface area contributed by atoms with Gasteiger partial charge in [-0.3, -0.25) is 4.79 Å². The first kappa shape index (κ1) is 19.9. The van der Waals surface area contributed by atoms with E-state index in [0.29, 0.717) is 10.7 Å². The molecule has 5 nitrogen and oxygen atoms in total. The second-order valence-electron chi connectivity index (χ2n) is 5.96. The summed E-state index contributed by atoms with van der Waals surface area (Å²) in [6.45, 7) is -0.377. The molecule has 1 heterocycles. The van der Waals surface area contributed by atoms with Crippen molar-refractivity contribution in [1.82, 2.24) is 15.1 Å². The van der Waals surface area contributed by atoms with Gasteiger partial charge in [-0.15, -0.1) is 0 Å². The van der Waals surface area contributed by atoms with E-state index in [1.807, 2.05) is 0 Å². The number of carbonyl (C=O) groups is 1. The summed E-state index contributed by atoms with van der Waals surface area (Å²) in [6, 6.07) is 11.5. The first-order valence-electron chi connectivity index (χ1n) is 8.18. The number of halogens is 4. The van der Waals surface area contributed by atoms with Crippen molar-refractivity contribution < 1.29 is 23.1 Å². The van der Waals surface area contributed by atoms with Gasteiger partial charge in [-0.05, 0) is 35.9 Å². The Balaban J connectivity index is 1.67. The molecule has 0 aliphatic heterocycles. The highest BCUT2D eigenvalue weighted by Gasteiger charge is 2.34. The van der Waals surface area contributed by atoms with Crippen LogP contribution in [0.1, 0.15) is 27.6 Å². The van der Waals surface area contributed by atoms with Gasteiger partial charge < -0.3 is 10.4 Å². The summed E-state index contributed by atoms with van der Waals surface area (Å²) in [4.78, 5) is 12.2. The van der Waals surface area contributed by atoms with E-state index in [1.54, 1.807) is 24.3 Å². The molecule has 0 aliphatic carbocycles. The maximum atomic E-state index is 13.0. The van der Waals surface area contributed by atoms with Gasteiger partial charge in [0, 0.05) is 17.8 Å². The van der Waals surface area contributed by atoms with Gasteiger partial charge in [-0.25, -0.2) is 4.68 Å². The molecule has 2 N–H and O–H groups in total. The van der Waals surface area contributed by atoms with Gasteiger partial charge in [-0.2, -0.15) is 18.3 Å². The van der Waals surface area contributed by atoms with Crippen LogP contribution in [-0.4, -0.2) is 27.3 Å². The van der Waals surface area contributed by atoms with Crippen LogP contribution in [0.3, 0.4) is 0 Å². The predicted octanol–water partition coefficient (Wildman–Crippen LogP) is 4.01. The van der Waals surface area contributed by atoms with Crippen LogP contribution in [0.2, 0.25) is 5.02 Å². The minimum absolute atomic E-state index is 0.200. The second kappa shape index (κ2) is 8.04. The number of benzene rings is 2. The van der Waals surface area contributed by atoms with Crippen molar-refractivity contribution >= 4 is 17.5 Å². The lowest BCUT2D eigenvalue weighted by atomic mass is 10.0. The lowest BCUT2D eigenvalue weighted by Crippen LogP contribution is -2.29. The molecule has 0 spiro atoms. The second-order valence-corrected chi connectivity index (χ2v) is 6.40. The molecular weight excluding hydrogens is 395 g/mol. The van der Waals surface area contributed by atoms with Gasteiger partial charge in [0.25, 0.3) is 5.91 Å². The summed E-state index contributed by atoms with van der Waals surface area (Å²) in [5, 5.41) is 17.2. The fourth-order valence-electron chi connectivity index (χ4n) is 2.62. The zero-order valence-corrected chi connectivity index (χ0v) is 15.1. The van der Waals surface area contributed by atoms with Crippen molar-refractivity contribution in [2.24, 2.45) is 0 Å². The Morgan fingerprint density at radius 3 is 2.54 bits per heavy atom. The van der Waals surface area contributed by atoms with Crippen LogP contribution >= 0.6 is 11.6 Å². The molecule has 146 valence electrons. The van der Waals surface area contributed by atoms with Gasteiger partial charge in [0.1, 0.15) is 0 Å². The van der Waals surface area contributed by atoms with E-state index in [9.17, 15) is 23.1 Å². The Morgan fingerprint density at radius 2 is 1.86 bits per heavy atom. The summed E-state index contributed by atoms with van der Waals surface area (Å²) in [7, 11) is 0. The van der Waals surface area contributed by atoms with E-state index in [1.165, 1.54) is 35.3 Å². The molecule has 0 fully saturated rings. The minimum atomic E-state index is -4.60. The predicted molar refractivity (Wildman–Crippen MR) is 97.3 cm³/mol. The number of hydrogen-bond donors (Lipinski definition) is 2. The maximum absolute atomic E-state index is 13.0. The lowest BCUT2D eigenvalue weighted by molar-refractivity contribution is -0.139. The highest BCUT2D eigenvalue weighted by atomic mass is 35.5. The molecule has 1 amide bonds. The van der Waals surface area contributed by atoms with E-state index in [-0.39, 0.29) is 17.7 Å². The molecule has 1 unspecified atom stereocenters. The number of hydrogen-bond acceptors (Lipinski definition) is 3. The number of rotatable bonds is 5. The number of alkyl halides is 3. The quantitative estimate of drug-likeness (QED) is 0.669. The fourth-order valence-corrected chi connectivity index (χ4v) is 2.75. The van der Waals surface area contributed by atoms with E-state index >= 15 is 0 Å². The van der Waals surface area contributed by atoms with Crippen LogP contribution in [0.25, 0.3) is 5.69 Å². The highest BCUT2D eigenvalue weighted by molar-refractivity contribution is 6.30. The molecule has 3 rings (SSSR count). The maximum Gasteiger partial charge on any atom is 0.416 e. The summed E-state index contributed by atoms with van der Waals surface area (Å²) >= 11 is 5.83. The summed E-state index contributed by atoms with van der Waals surface area (Å²) in [5.74, 6) is -0.566. The number of nitrogens with one attached hydrogen (secondary N) is 1. The van der Waals surface area contributed by atoms with E-state index in [4.69, 9.17) is 11.6 Å². The zero-order valence-electron chi connectivity index (χ0n) is 14.3. The number of aliphatic hydroxyl groups excluding tert-OH is 1. The first-order chi connectivity index (χ1) is 13.3. The van der Waals surface area contributed by atoms with Crippen molar-refractivity contribution in [1.29, 1.82) is 0 Å². The van der Waals surface area contributed by atoms with Gasteiger partial charge in [0.2, 0.25) is 0 Å². The Morgan fingerprint density at radius 1 is 1.18 bits per heavy atom. The monoisotopic (exact) mass is 409 g/mol. The molecule has 0 bridgehead atoms. The summed E-state index contributed by atoms with van der Waals surface area (Å²) in [5.41, 5.74) is -0.353. The third kappa shape index (κ3) is 4.52. The molecule has 2 aromatic carbocycles. The summed E-state index contributed by atoms with van der Waals surface area (Å²) < 4.78 is 40.6. The molecule has 0 saturated carbocycles. The largest absolute Gasteiger partial charge is 0.416 e. The number of amides is 1. The fraction of sp³-hybridized carbons (Fsp3) is 0.158. The first-order valence-corrected chi connectivity index (χ1v) is 8.56. The third-order valence-corrected chi connectivity index (χ3v) is 4.27. The molecule has 1 atom stereocenters. The lowest BCUT2D eigenvalue weighted by Gasteiger charge is -2.17. The average Bonchev–Trinajstić information content (AvgIpc) is 3.16. The van der Waals surface area contributed by atoms with Gasteiger partial charge >= 0.3 is 6.18 Å². The normalized spacial score (nSPS) is 12.6. The average molecular weight is 410 g/mol. The van der Waals surface area contributed by atoms with Crippen LogP contribution in [0.4, 0.5) is 13.2 Å². The van der Waals surface area contributed by atoms with E-state index < -0.39 is 23.8 Å². The number of aromatic nitrogens is 2. The Kier molecular flexibility index (Phi) is 5.71. The van der Waals surface area contributed by atoms with Crippen LogP contribution < -0.4 is 5.32 Å². The highest BCUT2D eigenvalue weighted by Crippen LogP contribution is 2.34. The molecule has 0 radical (unpaired) electrons. The smallest absolute Gasteiger partial charge is 0.387 e. The molecule has 28 heavy (non-hydrogen) atoms. The van der Waals surface area contributed by atoms with Crippen molar-refractivity contribution in [3.63, 3.8) is 0 Å². The SMILES string of the molecule is O=C(NCC(O)c1ccccc1C(F)(F)F)c1cnn(-c2ccc(Cl)cc2)c1. The Bertz CT molecular complexity index is 971. The Labute approximate surface area is 163 Å². The van der Waals surface area contributed by atoms with Crippen molar-refractivity contribution in [2.45, 2.75) is 12.3 Å². The van der Waals surface area contributed by atoms with E-state index in [2.05, 4.69) is 10.4 Å². The number of nitrogens with zero attached hydrogens (tertiary/aromatic N) is 2. The molecular formula is C19H15ClF3N3O2. The molecule has 9 heteroatoms. The zero-order chi connectivity index (χ0) is 20.3. The van der Waals surface area contributed by atoms with Crippen LogP contribution in [0, 0.1) is 0 Å². The van der Waals surface area contributed by atoms with Crippen LogP contribution in [0.5, 0.6) is 0 Å². The van der Waals surface area contributed by atoms with Gasteiger partial charge in [-0.1, -0.05) is 29.8 Å². The standard InChI is InChI=1S/C19H15ClF3N3O2/c20-13-5-7-14(8-6-13)26-11-12(9-25-26)18(28)24-10-17(27)15-3-1-2-4-16(15)19(21,22)23/h1-9,11,17,27H,10H2,(H,24,28). The molecule has 0 aliphatic rings. The van der Waals surface area contributed by atoms with Crippen LogP contribution in [0.15, 0.2) is 60.9 Å². The van der Waals surface area contributed by atoms with Crippen molar-refractivity contribution in [3.05, 3.63) is 82.6 Å². The van der Waals surface area contributed by atoms with Gasteiger partial charge in [0.05, 0.1) is 29.1 Å². The number of carbonyl (C=O) groups excluding carboxylic acids is 1. The molecule has 1 aromatic heterocycles. The number of aliphatic hydroxyl groups is 1. The van der Waals surface area contributed by atoms with E-state index in [0.717, 1.165) is 6.07 Å². The summed E-state index contributed by atoms with van der Waals surface area (Å²) in [6.07, 6.45) is -3.32. The molecule has 0 saturated heterocycles. The topological polar surface area (TPSA) is 67.2 Å². The van der Waals surface area contributed by atoms with Crippen molar-refractivity contribution in [3.8, 4) is 5.69 Å². The van der Waals surface area contributed by atoms with Crippen LogP contribution in [-0.2, 0) is 6.18 Å².